The SMILES string of the molecule is Cc1nc(Cc2ccc(-c3ccccc3C(F)(F)F)cc2)[nH]c1Cc1ccc(C#N)cc1. The maximum atomic E-state index is 13.3. The number of nitrogens with zero attached hydrogens (tertiary/aromatic N) is 2. The van der Waals surface area contributed by atoms with Gasteiger partial charge in [0.05, 0.1) is 22.9 Å². The molecule has 0 bridgehead atoms. The molecule has 32 heavy (non-hydrogen) atoms. The first kappa shape index (κ1) is 21.4. The Morgan fingerprint density at radius 1 is 0.875 bits per heavy atom. The van der Waals surface area contributed by atoms with E-state index in [4.69, 9.17) is 5.26 Å². The molecule has 1 N–H and O–H groups in total. The second-order valence-electron chi connectivity index (χ2n) is 7.65. The molecule has 0 aliphatic rings. The summed E-state index contributed by atoms with van der Waals surface area (Å²) in [5, 5.41) is 8.92. The third kappa shape index (κ3) is 4.73. The minimum atomic E-state index is -4.40. The molecule has 0 unspecified atom stereocenters. The van der Waals surface area contributed by atoms with Crippen molar-refractivity contribution in [1.82, 2.24) is 9.97 Å². The molecule has 0 radical (unpaired) electrons. The molecule has 4 aromatic rings. The molecule has 0 saturated heterocycles. The summed E-state index contributed by atoms with van der Waals surface area (Å²) in [4.78, 5) is 7.96. The number of H-pyrrole nitrogens is 1. The Morgan fingerprint density at radius 3 is 2.16 bits per heavy atom. The highest BCUT2D eigenvalue weighted by atomic mass is 19.4. The second kappa shape index (κ2) is 8.72. The molecule has 0 saturated carbocycles. The van der Waals surface area contributed by atoms with Gasteiger partial charge in [0.1, 0.15) is 5.82 Å². The van der Waals surface area contributed by atoms with Gasteiger partial charge in [-0.2, -0.15) is 18.4 Å². The van der Waals surface area contributed by atoms with Crippen molar-refractivity contribution < 1.29 is 13.2 Å². The van der Waals surface area contributed by atoms with Gasteiger partial charge in [0.15, 0.2) is 0 Å². The van der Waals surface area contributed by atoms with Crippen LogP contribution in [0.3, 0.4) is 0 Å². The molecule has 0 atom stereocenters. The van der Waals surface area contributed by atoms with Gasteiger partial charge in [0, 0.05) is 18.5 Å². The molecule has 0 fully saturated rings. The summed E-state index contributed by atoms with van der Waals surface area (Å²) in [6.45, 7) is 1.94. The minimum Gasteiger partial charge on any atom is -0.345 e. The zero-order valence-electron chi connectivity index (χ0n) is 17.4. The first-order valence-corrected chi connectivity index (χ1v) is 10.1. The van der Waals surface area contributed by atoms with Crippen molar-refractivity contribution in [1.29, 1.82) is 5.26 Å². The van der Waals surface area contributed by atoms with Crippen LogP contribution in [0.2, 0.25) is 0 Å². The Bertz CT molecular complexity index is 1260. The van der Waals surface area contributed by atoms with Gasteiger partial charge in [-0.25, -0.2) is 4.98 Å². The Balaban J connectivity index is 1.50. The van der Waals surface area contributed by atoms with E-state index in [0.29, 0.717) is 24.0 Å². The molecule has 160 valence electrons. The molecule has 4 rings (SSSR count). The maximum absolute atomic E-state index is 13.3. The molecule has 6 heteroatoms. The van der Waals surface area contributed by atoms with Crippen LogP contribution in [0.1, 0.15) is 39.5 Å². The summed E-state index contributed by atoms with van der Waals surface area (Å²) in [6, 6.07) is 22.2. The number of rotatable bonds is 5. The maximum Gasteiger partial charge on any atom is 0.417 e. The van der Waals surface area contributed by atoms with Crippen molar-refractivity contribution in [3.63, 3.8) is 0 Å². The average molecular weight is 431 g/mol. The molecular formula is C26H20F3N3. The Morgan fingerprint density at radius 2 is 1.50 bits per heavy atom. The van der Waals surface area contributed by atoms with E-state index >= 15 is 0 Å². The zero-order chi connectivity index (χ0) is 22.7. The molecular weight excluding hydrogens is 411 g/mol. The largest absolute Gasteiger partial charge is 0.417 e. The van der Waals surface area contributed by atoms with E-state index in [1.807, 2.05) is 31.2 Å². The minimum absolute atomic E-state index is 0.171. The zero-order valence-corrected chi connectivity index (χ0v) is 17.4. The fraction of sp³-hybridized carbons (Fsp3) is 0.154. The lowest BCUT2D eigenvalue weighted by Crippen LogP contribution is -2.06. The average Bonchev–Trinajstić information content (AvgIpc) is 3.12. The Labute approximate surface area is 184 Å². The van der Waals surface area contributed by atoms with Crippen LogP contribution in [0.5, 0.6) is 0 Å². The van der Waals surface area contributed by atoms with E-state index in [-0.39, 0.29) is 5.56 Å². The third-order valence-corrected chi connectivity index (χ3v) is 5.37. The lowest BCUT2D eigenvalue weighted by atomic mass is 9.98. The lowest BCUT2D eigenvalue weighted by Gasteiger charge is -2.13. The van der Waals surface area contributed by atoms with Crippen LogP contribution < -0.4 is 0 Å². The van der Waals surface area contributed by atoms with Crippen LogP contribution in [0.15, 0.2) is 72.8 Å². The van der Waals surface area contributed by atoms with Gasteiger partial charge in [-0.15, -0.1) is 0 Å². The highest BCUT2D eigenvalue weighted by Crippen LogP contribution is 2.37. The van der Waals surface area contributed by atoms with Gasteiger partial charge in [-0.05, 0) is 47.4 Å². The number of aromatic amines is 1. The topological polar surface area (TPSA) is 52.5 Å². The number of hydrogen-bond acceptors (Lipinski definition) is 2. The quantitative estimate of drug-likeness (QED) is 0.394. The van der Waals surface area contributed by atoms with Gasteiger partial charge < -0.3 is 4.98 Å². The third-order valence-electron chi connectivity index (χ3n) is 5.37. The fourth-order valence-corrected chi connectivity index (χ4v) is 3.70. The van der Waals surface area contributed by atoms with Crippen LogP contribution in [-0.4, -0.2) is 9.97 Å². The van der Waals surface area contributed by atoms with Crippen molar-refractivity contribution in [3.8, 4) is 17.2 Å². The van der Waals surface area contributed by atoms with Gasteiger partial charge >= 0.3 is 6.18 Å². The van der Waals surface area contributed by atoms with Crippen LogP contribution in [-0.2, 0) is 19.0 Å². The molecule has 0 amide bonds. The number of aromatic nitrogens is 2. The Hall–Kier alpha value is -3.85. The van der Waals surface area contributed by atoms with E-state index in [9.17, 15) is 13.2 Å². The van der Waals surface area contributed by atoms with E-state index in [2.05, 4.69) is 16.0 Å². The van der Waals surface area contributed by atoms with E-state index in [1.54, 1.807) is 30.3 Å². The fourth-order valence-electron chi connectivity index (χ4n) is 3.70. The number of imidazole rings is 1. The monoisotopic (exact) mass is 431 g/mol. The standard InChI is InChI=1S/C26H20F3N3/c1-17-24(14-18-6-8-20(16-30)9-7-18)32-25(31-17)15-19-10-12-21(13-11-19)22-4-2-3-5-23(22)26(27,28)29/h2-13H,14-15H2,1H3,(H,31,32). The number of aryl methyl sites for hydroxylation is 1. The number of alkyl halides is 3. The second-order valence-corrected chi connectivity index (χ2v) is 7.65. The highest BCUT2D eigenvalue weighted by Gasteiger charge is 2.33. The molecule has 3 nitrogen and oxygen atoms in total. The van der Waals surface area contributed by atoms with Gasteiger partial charge in [-0.1, -0.05) is 54.6 Å². The predicted octanol–water partition coefficient (Wildman–Crippen LogP) is 6.46. The van der Waals surface area contributed by atoms with Gasteiger partial charge in [0.25, 0.3) is 0 Å². The van der Waals surface area contributed by atoms with Crippen molar-refractivity contribution in [2.75, 3.05) is 0 Å². The lowest BCUT2D eigenvalue weighted by molar-refractivity contribution is -0.137. The van der Waals surface area contributed by atoms with Crippen molar-refractivity contribution >= 4 is 0 Å². The van der Waals surface area contributed by atoms with Gasteiger partial charge in [-0.3, -0.25) is 0 Å². The highest BCUT2D eigenvalue weighted by molar-refractivity contribution is 5.68. The van der Waals surface area contributed by atoms with Crippen molar-refractivity contribution in [3.05, 3.63) is 112 Å². The predicted molar refractivity (Wildman–Crippen MR) is 117 cm³/mol. The van der Waals surface area contributed by atoms with Crippen LogP contribution >= 0.6 is 0 Å². The van der Waals surface area contributed by atoms with Gasteiger partial charge in [0.2, 0.25) is 0 Å². The summed E-state index contributed by atoms with van der Waals surface area (Å²) in [6.07, 6.45) is -3.17. The number of hydrogen-bond donors (Lipinski definition) is 1. The summed E-state index contributed by atoms with van der Waals surface area (Å²) >= 11 is 0. The van der Waals surface area contributed by atoms with Crippen LogP contribution in [0.25, 0.3) is 11.1 Å². The first-order chi connectivity index (χ1) is 15.3. The normalized spacial score (nSPS) is 11.3. The molecule has 0 aliphatic heterocycles. The van der Waals surface area contributed by atoms with E-state index in [0.717, 1.165) is 34.4 Å². The summed E-state index contributed by atoms with van der Waals surface area (Å²) in [5.74, 6) is 0.801. The first-order valence-electron chi connectivity index (χ1n) is 10.1. The molecule has 1 aromatic heterocycles. The molecule has 0 spiro atoms. The summed E-state index contributed by atoms with van der Waals surface area (Å²) < 4.78 is 39.9. The van der Waals surface area contributed by atoms with Crippen LogP contribution in [0.4, 0.5) is 13.2 Å². The molecule has 0 aliphatic carbocycles. The van der Waals surface area contributed by atoms with Crippen molar-refractivity contribution in [2.45, 2.75) is 25.9 Å². The number of nitriles is 1. The number of benzene rings is 3. The number of halogens is 3. The van der Waals surface area contributed by atoms with Crippen molar-refractivity contribution in [2.24, 2.45) is 0 Å². The Kier molecular flexibility index (Phi) is 5.83. The molecule has 3 aromatic carbocycles. The van der Waals surface area contributed by atoms with Crippen LogP contribution in [0, 0.1) is 18.3 Å². The van der Waals surface area contributed by atoms with E-state index in [1.165, 1.54) is 12.1 Å². The molecule has 1 heterocycles. The van der Waals surface area contributed by atoms with E-state index < -0.39 is 11.7 Å². The summed E-state index contributed by atoms with van der Waals surface area (Å²) in [5.41, 5.74) is 4.62. The smallest absolute Gasteiger partial charge is 0.345 e. The summed E-state index contributed by atoms with van der Waals surface area (Å²) in [7, 11) is 0. The number of nitrogens with one attached hydrogen (secondary N) is 1.